The molecule has 0 fully saturated rings. The van der Waals surface area contributed by atoms with Crippen LogP contribution in [0.3, 0.4) is 0 Å². The second-order valence-corrected chi connectivity index (χ2v) is 5.65. The summed E-state index contributed by atoms with van der Waals surface area (Å²) in [5.41, 5.74) is 0.953. The van der Waals surface area contributed by atoms with Crippen LogP contribution in [0.25, 0.3) is 0 Å². The third-order valence-electron chi connectivity index (χ3n) is 3.36. The van der Waals surface area contributed by atoms with Gasteiger partial charge >= 0.3 is 0 Å². The van der Waals surface area contributed by atoms with E-state index in [0.717, 1.165) is 29.0 Å². The molecular weight excluding hydrogens is 290 g/mol. The lowest BCUT2D eigenvalue weighted by Crippen LogP contribution is -2.22. The Balaban J connectivity index is 2.38. The van der Waals surface area contributed by atoms with Gasteiger partial charge in [-0.2, -0.15) is 0 Å². The van der Waals surface area contributed by atoms with E-state index in [1.165, 1.54) is 25.7 Å². The average molecular weight is 314 g/mol. The van der Waals surface area contributed by atoms with Gasteiger partial charge in [0.05, 0.1) is 4.47 Å². The molecule has 0 saturated heterocycles. The van der Waals surface area contributed by atoms with E-state index in [1.807, 2.05) is 18.2 Å². The topological polar surface area (TPSA) is 32.3 Å². The molecule has 1 rings (SSSR count). The van der Waals surface area contributed by atoms with Crippen LogP contribution < -0.4 is 5.32 Å². The molecule has 3 heteroatoms. The Labute approximate surface area is 119 Å². The number of aromatic hydroxyl groups is 1. The van der Waals surface area contributed by atoms with Crippen molar-refractivity contribution in [2.75, 3.05) is 6.54 Å². The molecule has 102 valence electrons. The number of rotatable bonds is 8. The smallest absolute Gasteiger partial charge is 0.134 e. The SMILES string of the molecule is CCCCC(CC)CNCc1cccc(Br)c1O. The van der Waals surface area contributed by atoms with E-state index in [1.54, 1.807) is 0 Å². The molecular formula is C15H24BrNO. The highest BCUT2D eigenvalue weighted by Crippen LogP contribution is 2.27. The van der Waals surface area contributed by atoms with Gasteiger partial charge < -0.3 is 10.4 Å². The summed E-state index contributed by atoms with van der Waals surface area (Å²) in [7, 11) is 0. The molecule has 0 aliphatic rings. The Kier molecular flexibility index (Phi) is 7.36. The molecule has 0 aliphatic heterocycles. The number of hydrogen-bond donors (Lipinski definition) is 2. The number of hydrogen-bond acceptors (Lipinski definition) is 2. The van der Waals surface area contributed by atoms with E-state index >= 15 is 0 Å². The van der Waals surface area contributed by atoms with Gasteiger partial charge in [-0.15, -0.1) is 0 Å². The zero-order chi connectivity index (χ0) is 13.4. The van der Waals surface area contributed by atoms with Gasteiger partial charge in [0.1, 0.15) is 5.75 Å². The minimum absolute atomic E-state index is 0.353. The third-order valence-corrected chi connectivity index (χ3v) is 4.00. The summed E-state index contributed by atoms with van der Waals surface area (Å²) < 4.78 is 0.764. The van der Waals surface area contributed by atoms with E-state index in [0.29, 0.717) is 5.75 Å². The maximum Gasteiger partial charge on any atom is 0.134 e. The summed E-state index contributed by atoms with van der Waals surface area (Å²) in [6, 6.07) is 5.77. The fourth-order valence-corrected chi connectivity index (χ4v) is 2.46. The second kappa shape index (κ2) is 8.54. The summed E-state index contributed by atoms with van der Waals surface area (Å²) in [5, 5.41) is 13.3. The van der Waals surface area contributed by atoms with Crippen LogP contribution in [0.1, 0.15) is 45.1 Å². The lowest BCUT2D eigenvalue weighted by molar-refractivity contribution is 0.413. The first kappa shape index (κ1) is 15.5. The minimum Gasteiger partial charge on any atom is -0.506 e. The minimum atomic E-state index is 0.353. The van der Waals surface area contributed by atoms with Gasteiger partial charge in [-0.25, -0.2) is 0 Å². The van der Waals surface area contributed by atoms with Crippen LogP contribution in [0, 0.1) is 5.92 Å². The van der Waals surface area contributed by atoms with Crippen molar-refractivity contribution in [1.82, 2.24) is 5.32 Å². The number of benzene rings is 1. The van der Waals surface area contributed by atoms with Gasteiger partial charge in [0.25, 0.3) is 0 Å². The van der Waals surface area contributed by atoms with Crippen molar-refractivity contribution < 1.29 is 5.11 Å². The van der Waals surface area contributed by atoms with Gasteiger partial charge in [0.15, 0.2) is 0 Å². The van der Waals surface area contributed by atoms with Crippen molar-refractivity contribution in [2.45, 2.75) is 46.1 Å². The summed E-state index contributed by atoms with van der Waals surface area (Å²) in [6.45, 7) is 6.24. The molecule has 0 spiro atoms. The lowest BCUT2D eigenvalue weighted by Gasteiger charge is -2.15. The van der Waals surface area contributed by atoms with Crippen LogP contribution in [0.15, 0.2) is 22.7 Å². The van der Waals surface area contributed by atoms with E-state index in [2.05, 4.69) is 35.1 Å². The van der Waals surface area contributed by atoms with Crippen LogP contribution in [-0.4, -0.2) is 11.7 Å². The first-order valence-corrected chi connectivity index (χ1v) is 7.65. The molecule has 0 aromatic heterocycles. The van der Waals surface area contributed by atoms with E-state index in [-0.39, 0.29) is 0 Å². The first-order valence-electron chi connectivity index (χ1n) is 6.86. The van der Waals surface area contributed by atoms with Crippen molar-refractivity contribution in [1.29, 1.82) is 0 Å². The largest absolute Gasteiger partial charge is 0.506 e. The molecule has 0 saturated carbocycles. The Morgan fingerprint density at radius 2 is 2.11 bits per heavy atom. The molecule has 1 unspecified atom stereocenters. The fraction of sp³-hybridized carbons (Fsp3) is 0.600. The molecule has 0 aliphatic carbocycles. The molecule has 2 N–H and O–H groups in total. The molecule has 1 aromatic rings. The number of halogens is 1. The van der Waals surface area contributed by atoms with Crippen molar-refractivity contribution in [3.63, 3.8) is 0 Å². The maximum atomic E-state index is 9.87. The summed E-state index contributed by atoms with van der Waals surface area (Å²) >= 11 is 3.34. The molecule has 2 nitrogen and oxygen atoms in total. The van der Waals surface area contributed by atoms with Gasteiger partial charge in [-0.3, -0.25) is 0 Å². The zero-order valence-electron chi connectivity index (χ0n) is 11.4. The summed E-state index contributed by atoms with van der Waals surface area (Å²) in [5.74, 6) is 1.10. The van der Waals surface area contributed by atoms with Gasteiger partial charge in [-0.1, -0.05) is 45.2 Å². The molecule has 0 amide bonds. The van der Waals surface area contributed by atoms with Crippen LogP contribution in [-0.2, 0) is 6.54 Å². The quantitative estimate of drug-likeness (QED) is 0.742. The molecule has 1 atom stereocenters. The standard InChI is InChI=1S/C15H24BrNO/c1-3-5-7-12(4-2)10-17-11-13-8-6-9-14(16)15(13)18/h6,8-9,12,17-18H,3-5,7,10-11H2,1-2H3. The normalized spacial score (nSPS) is 12.6. The van der Waals surface area contributed by atoms with Crippen LogP contribution >= 0.6 is 15.9 Å². The van der Waals surface area contributed by atoms with Crippen LogP contribution in [0.5, 0.6) is 5.75 Å². The van der Waals surface area contributed by atoms with Crippen molar-refractivity contribution in [2.24, 2.45) is 5.92 Å². The molecule has 18 heavy (non-hydrogen) atoms. The van der Waals surface area contributed by atoms with E-state index < -0.39 is 0 Å². The molecule has 0 heterocycles. The van der Waals surface area contributed by atoms with Crippen molar-refractivity contribution in [3.8, 4) is 5.75 Å². The highest BCUT2D eigenvalue weighted by Gasteiger charge is 2.07. The number of phenols is 1. The third kappa shape index (κ3) is 4.99. The second-order valence-electron chi connectivity index (χ2n) is 4.79. The summed E-state index contributed by atoms with van der Waals surface area (Å²) in [4.78, 5) is 0. The fourth-order valence-electron chi connectivity index (χ4n) is 2.06. The van der Waals surface area contributed by atoms with E-state index in [9.17, 15) is 5.11 Å². The monoisotopic (exact) mass is 313 g/mol. The Hall–Kier alpha value is -0.540. The first-order chi connectivity index (χ1) is 8.69. The van der Waals surface area contributed by atoms with Crippen LogP contribution in [0.4, 0.5) is 0 Å². The van der Waals surface area contributed by atoms with Crippen molar-refractivity contribution >= 4 is 15.9 Å². The maximum absolute atomic E-state index is 9.87. The molecule has 0 bridgehead atoms. The zero-order valence-corrected chi connectivity index (χ0v) is 13.0. The van der Waals surface area contributed by atoms with Gasteiger partial charge in [-0.05, 0) is 40.9 Å². The van der Waals surface area contributed by atoms with Gasteiger partial charge in [0, 0.05) is 12.1 Å². The Morgan fingerprint density at radius 1 is 1.33 bits per heavy atom. The number of unbranched alkanes of at least 4 members (excludes halogenated alkanes) is 1. The van der Waals surface area contributed by atoms with Crippen molar-refractivity contribution in [3.05, 3.63) is 28.2 Å². The predicted octanol–water partition coefficient (Wildman–Crippen LogP) is 4.46. The highest BCUT2D eigenvalue weighted by molar-refractivity contribution is 9.10. The molecule has 1 aromatic carbocycles. The van der Waals surface area contributed by atoms with Crippen LogP contribution in [0.2, 0.25) is 0 Å². The molecule has 0 radical (unpaired) electrons. The lowest BCUT2D eigenvalue weighted by atomic mass is 9.99. The Bertz CT molecular complexity index is 354. The summed E-state index contributed by atoms with van der Waals surface area (Å²) in [6.07, 6.45) is 5.09. The van der Waals surface area contributed by atoms with E-state index in [4.69, 9.17) is 0 Å². The predicted molar refractivity (Wildman–Crippen MR) is 80.8 cm³/mol. The number of para-hydroxylation sites is 1. The number of phenolic OH excluding ortho intramolecular Hbond substituents is 1. The number of nitrogens with one attached hydrogen (secondary N) is 1. The Morgan fingerprint density at radius 3 is 2.78 bits per heavy atom. The highest BCUT2D eigenvalue weighted by atomic mass is 79.9. The van der Waals surface area contributed by atoms with Gasteiger partial charge in [0.2, 0.25) is 0 Å². The average Bonchev–Trinajstić information content (AvgIpc) is 2.38.